The number of rotatable bonds is 5. The maximum Gasteiger partial charge on any atom is 0.408 e. The number of hydrogen-bond donors (Lipinski definition) is 2. The van der Waals surface area contributed by atoms with Crippen LogP contribution in [0.3, 0.4) is 0 Å². The third-order valence-electron chi connectivity index (χ3n) is 6.66. The van der Waals surface area contributed by atoms with E-state index in [4.69, 9.17) is 9.84 Å². The third kappa shape index (κ3) is 3.63. The number of aliphatic hydroxyl groups excluding tert-OH is 1. The smallest absolute Gasteiger partial charge is 0.408 e. The highest BCUT2D eigenvalue weighted by atomic mass is 16.5. The van der Waals surface area contributed by atoms with Crippen LogP contribution in [0.2, 0.25) is 0 Å². The van der Waals surface area contributed by atoms with Crippen LogP contribution in [0.4, 0.5) is 4.79 Å². The van der Waals surface area contributed by atoms with E-state index in [1.807, 2.05) is 91.0 Å². The van der Waals surface area contributed by atoms with Crippen molar-refractivity contribution in [2.75, 3.05) is 13.7 Å². The number of esters is 1. The second kappa shape index (κ2) is 9.31. The van der Waals surface area contributed by atoms with Crippen molar-refractivity contribution in [3.63, 3.8) is 0 Å². The first kappa shape index (κ1) is 23.3. The number of aromatic nitrogens is 2. The van der Waals surface area contributed by atoms with Crippen LogP contribution in [0.5, 0.6) is 0 Å². The third-order valence-corrected chi connectivity index (χ3v) is 6.66. The van der Waals surface area contributed by atoms with E-state index >= 15 is 0 Å². The zero-order chi connectivity index (χ0) is 25.3. The number of β-amino-alcohol motifs (C(OH)–C–C–N with tert-alkyl or cyclic N) is 1. The van der Waals surface area contributed by atoms with Gasteiger partial charge < -0.3 is 14.9 Å². The molecule has 2 N–H and O–H groups in total. The SMILES string of the molecule is COC(=O)C1c2nn(C(c3ccccc3)(c3ccccc3)c3ccccc3)cc2C(O)CN1C(=O)O. The van der Waals surface area contributed by atoms with Gasteiger partial charge in [-0.15, -0.1) is 0 Å². The minimum atomic E-state index is -1.34. The number of carboxylic acid groups (broad SMARTS) is 1. The van der Waals surface area contributed by atoms with E-state index < -0.39 is 29.7 Å². The molecule has 1 amide bonds. The van der Waals surface area contributed by atoms with Gasteiger partial charge in [0.05, 0.1) is 13.7 Å². The average Bonchev–Trinajstić information content (AvgIpc) is 3.36. The number of benzene rings is 3. The Morgan fingerprint density at radius 1 is 0.889 bits per heavy atom. The molecule has 0 aliphatic carbocycles. The highest BCUT2D eigenvalue weighted by molar-refractivity contribution is 5.83. The lowest BCUT2D eigenvalue weighted by Gasteiger charge is -2.36. The molecule has 3 aromatic carbocycles. The minimum absolute atomic E-state index is 0.148. The Balaban J connectivity index is 1.85. The zero-order valence-corrected chi connectivity index (χ0v) is 19.6. The van der Waals surface area contributed by atoms with E-state index in [0.717, 1.165) is 21.6 Å². The standard InChI is InChI=1S/C28H25N3O5/c1-36-26(33)25-24-22(23(32)18-30(25)27(34)35)17-31(29-24)28(19-11-5-2-6-12-19,20-13-7-3-8-14-20)21-15-9-4-10-16-21/h2-17,23,25,32H,18H2,1H3,(H,34,35). The van der Waals surface area contributed by atoms with Gasteiger partial charge in [0.25, 0.3) is 0 Å². The molecule has 5 rings (SSSR count). The maximum atomic E-state index is 12.8. The van der Waals surface area contributed by atoms with Crippen molar-refractivity contribution in [3.8, 4) is 0 Å². The van der Waals surface area contributed by atoms with Gasteiger partial charge in [0.2, 0.25) is 0 Å². The fourth-order valence-corrected chi connectivity index (χ4v) is 5.05. The molecule has 0 fully saturated rings. The van der Waals surface area contributed by atoms with Gasteiger partial charge in [-0.2, -0.15) is 5.10 Å². The van der Waals surface area contributed by atoms with Gasteiger partial charge in [0, 0.05) is 11.8 Å². The Hall–Kier alpha value is -4.43. The first-order valence-electron chi connectivity index (χ1n) is 11.5. The fourth-order valence-electron chi connectivity index (χ4n) is 5.05. The topological polar surface area (TPSA) is 105 Å². The van der Waals surface area contributed by atoms with Crippen molar-refractivity contribution in [3.05, 3.63) is 125 Å². The highest BCUT2D eigenvalue weighted by Gasteiger charge is 2.46. The summed E-state index contributed by atoms with van der Waals surface area (Å²) in [5.74, 6) is -0.763. The Morgan fingerprint density at radius 2 is 1.36 bits per heavy atom. The Bertz CT molecular complexity index is 1280. The number of carbonyl (C=O) groups excluding carboxylic acids is 1. The summed E-state index contributed by atoms with van der Waals surface area (Å²) < 4.78 is 6.66. The van der Waals surface area contributed by atoms with Crippen molar-refractivity contribution in [1.82, 2.24) is 14.7 Å². The molecule has 182 valence electrons. The van der Waals surface area contributed by atoms with Gasteiger partial charge >= 0.3 is 12.1 Å². The van der Waals surface area contributed by atoms with E-state index in [9.17, 15) is 19.8 Å². The molecule has 0 spiro atoms. The summed E-state index contributed by atoms with van der Waals surface area (Å²) in [5, 5.41) is 25.5. The monoisotopic (exact) mass is 483 g/mol. The van der Waals surface area contributed by atoms with Gasteiger partial charge in [-0.25, -0.2) is 9.59 Å². The lowest BCUT2D eigenvalue weighted by atomic mass is 9.77. The van der Waals surface area contributed by atoms with Crippen molar-refractivity contribution in [2.45, 2.75) is 17.7 Å². The number of hydrogen-bond acceptors (Lipinski definition) is 5. The number of carbonyl (C=O) groups is 2. The summed E-state index contributed by atoms with van der Waals surface area (Å²) in [6.45, 7) is -0.275. The van der Waals surface area contributed by atoms with E-state index in [1.54, 1.807) is 10.9 Å². The summed E-state index contributed by atoms with van der Waals surface area (Å²) in [6.07, 6.45) is -0.793. The average molecular weight is 484 g/mol. The second-order valence-electron chi connectivity index (χ2n) is 8.60. The van der Waals surface area contributed by atoms with Gasteiger partial charge in [-0.1, -0.05) is 91.0 Å². The number of nitrogens with zero attached hydrogens (tertiary/aromatic N) is 3. The summed E-state index contributed by atoms with van der Waals surface area (Å²) in [7, 11) is 1.20. The van der Waals surface area contributed by atoms with E-state index in [-0.39, 0.29) is 12.2 Å². The molecule has 1 aliphatic rings. The first-order valence-corrected chi connectivity index (χ1v) is 11.5. The van der Waals surface area contributed by atoms with Crippen LogP contribution in [0.15, 0.2) is 97.2 Å². The Morgan fingerprint density at radius 3 is 1.78 bits per heavy atom. The molecule has 0 bridgehead atoms. The van der Waals surface area contributed by atoms with E-state index in [0.29, 0.717) is 5.56 Å². The summed E-state index contributed by atoms with van der Waals surface area (Å²) >= 11 is 0. The van der Waals surface area contributed by atoms with Gasteiger partial charge in [0.1, 0.15) is 17.3 Å². The van der Waals surface area contributed by atoms with Gasteiger partial charge in [-0.05, 0) is 16.7 Å². The number of amides is 1. The minimum Gasteiger partial charge on any atom is -0.467 e. The van der Waals surface area contributed by atoms with Crippen molar-refractivity contribution in [1.29, 1.82) is 0 Å². The van der Waals surface area contributed by atoms with E-state index in [2.05, 4.69) is 0 Å². The van der Waals surface area contributed by atoms with Crippen LogP contribution in [0.1, 0.15) is 40.1 Å². The molecule has 0 saturated heterocycles. The second-order valence-corrected chi connectivity index (χ2v) is 8.60. The van der Waals surface area contributed by atoms with Crippen LogP contribution in [0.25, 0.3) is 0 Å². The molecule has 4 aromatic rings. The van der Waals surface area contributed by atoms with Crippen molar-refractivity contribution < 1.29 is 24.5 Å². The Labute approximate surface area is 208 Å². The molecule has 2 atom stereocenters. The number of fused-ring (bicyclic) bond motifs is 1. The highest BCUT2D eigenvalue weighted by Crippen LogP contribution is 2.43. The quantitative estimate of drug-likeness (QED) is 0.329. The molecule has 8 nitrogen and oxygen atoms in total. The van der Waals surface area contributed by atoms with Crippen molar-refractivity contribution >= 4 is 12.1 Å². The van der Waals surface area contributed by atoms with Crippen LogP contribution in [-0.2, 0) is 15.1 Å². The summed E-state index contributed by atoms with van der Waals surface area (Å²) in [4.78, 5) is 25.6. The largest absolute Gasteiger partial charge is 0.467 e. The molecular formula is C28H25N3O5. The van der Waals surface area contributed by atoms with Crippen LogP contribution < -0.4 is 0 Å². The number of methoxy groups -OCH3 is 1. The molecular weight excluding hydrogens is 458 g/mol. The maximum absolute atomic E-state index is 12.8. The summed E-state index contributed by atoms with van der Waals surface area (Å²) in [5.41, 5.74) is 2.27. The molecule has 1 aliphatic heterocycles. The molecule has 2 heterocycles. The van der Waals surface area contributed by atoms with Gasteiger partial charge in [-0.3, -0.25) is 9.58 Å². The molecule has 8 heteroatoms. The molecule has 36 heavy (non-hydrogen) atoms. The number of ether oxygens (including phenoxy) is 1. The normalized spacial score (nSPS) is 17.3. The number of aliphatic hydroxyl groups is 1. The lowest BCUT2D eigenvalue weighted by molar-refractivity contribution is -0.147. The zero-order valence-electron chi connectivity index (χ0n) is 19.6. The fraction of sp³-hybridized carbons (Fsp3) is 0.179. The molecule has 2 unspecified atom stereocenters. The first-order chi connectivity index (χ1) is 17.5. The van der Waals surface area contributed by atoms with Crippen LogP contribution in [-0.4, -0.2) is 50.6 Å². The lowest BCUT2D eigenvalue weighted by Crippen LogP contribution is -2.45. The van der Waals surface area contributed by atoms with Crippen molar-refractivity contribution in [2.24, 2.45) is 0 Å². The summed E-state index contributed by atoms with van der Waals surface area (Å²) in [6, 6.07) is 28.1. The predicted molar refractivity (Wildman–Crippen MR) is 131 cm³/mol. The Kier molecular flexibility index (Phi) is 6.03. The molecule has 0 saturated carbocycles. The molecule has 1 aromatic heterocycles. The van der Waals surface area contributed by atoms with Crippen LogP contribution in [0, 0.1) is 0 Å². The van der Waals surface area contributed by atoms with E-state index in [1.165, 1.54) is 7.11 Å². The van der Waals surface area contributed by atoms with Gasteiger partial charge in [0.15, 0.2) is 6.04 Å². The van der Waals surface area contributed by atoms with Crippen LogP contribution >= 0.6 is 0 Å². The predicted octanol–water partition coefficient (Wildman–Crippen LogP) is 3.96. The molecule has 0 radical (unpaired) electrons.